The summed E-state index contributed by atoms with van der Waals surface area (Å²) in [6.07, 6.45) is 4.77. The topological polar surface area (TPSA) is 84.0 Å². The van der Waals surface area contributed by atoms with Gasteiger partial charge in [0.05, 0.1) is 29.9 Å². The van der Waals surface area contributed by atoms with Gasteiger partial charge in [0, 0.05) is 0 Å². The molecule has 1 aliphatic heterocycles. The van der Waals surface area contributed by atoms with E-state index in [2.05, 4.69) is 25.1 Å². The predicted octanol–water partition coefficient (Wildman–Crippen LogP) is 4.07. The van der Waals surface area contributed by atoms with E-state index in [1.807, 2.05) is 0 Å². The maximum absolute atomic E-state index is 13.5. The Morgan fingerprint density at radius 2 is 2.19 bits per heavy atom. The number of piperidine rings is 1. The first-order valence-corrected chi connectivity index (χ1v) is 9.02. The van der Waals surface area contributed by atoms with Crippen molar-refractivity contribution >= 4 is 11.0 Å². The number of nitrogens with one attached hydrogen (secondary N) is 1. The standard InChI is InChI=1S/C19H18FN5O2/c20-12-6-7-13-14(10-12)22-18(21-13)15-4-1-2-8-25(15)11-17-23-24-19(27-17)16-5-3-9-26-16/h3,5-7,9-10,15H,1-2,4,8,11H2,(H,21,22)/t15-/m1/s1. The van der Waals surface area contributed by atoms with Crippen LogP contribution < -0.4 is 0 Å². The molecule has 0 amide bonds. The number of H-pyrrole nitrogens is 1. The van der Waals surface area contributed by atoms with E-state index in [9.17, 15) is 4.39 Å². The molecule has 0 spiro atoms. The summed E-state index contributed by atoms with van der Waals surface area (Å²) in [5, 5.41) is 8.21. The number of fused-ring (bicyclic) bond motifs is 1. The second-order valence-electron chi connectivity index (χ2n) is 6.74. The van der Waals surface area contributed by atoms with Gasteiger partial charge in [-0.25, -0.2) is 9.37 Å². The van der Waals surface area contributed by atoms with Gasteiger partial charge in [0.25, 0.3) is 5.89 Å². The molecule has 1 aliphatic rings. The Hall–Kier alpha value is -3.00. The summed E-state index contributed by atoms with van der Waals surface area (Å²) in [5.74, 6) is 2.05. The molecule has 0 saturated carbocycles. The molecule has 5 rings (SSSR count). The van der Waals surface area contributed by atoms with Gasteiger partial charge in [-0.2, -0.15) is 0 Å². The fraction of sp³-hybridized carbons (Fsp3) is 0.316. The number of halogens is 1. The molecule has 1 saturated heterocycles. The van der Waals surface area contributed by atoms with Gasteiger partial charge in [0.15, 0.2) is 5.76 Å². The molecular formula is C19H18FN5O2. The maximum atomic E-state index is 13.5. The molecule has 138 valence electrons. The molecule has 3 aromatic heterocycles. The predicted molar refractivity (Wildman–Crippen MR) is 95.1 cm³/mol. The van der Waals surface area contributed by atoms with Crippen LogP contribution in [-0.4, -0.2) is 31.6 Å². The summed E-state index contributed by atoms with van der Waals surface area (Å²) in [5.41, 5.74) is 1.49. The molecule has 4 heterocycles. The highest BCUT2D eigenvalue weighted by Gasteiger charge is 2.28. The Kier molecular flexibility index (Phi) is 3.97. The minimum Gasteiger partial charge on any atom is -0.459 e. The first kappa shape index (κ1) is 16.2. The van der Waals surface area contributed by atoms with Crippen LogP contribution in [0.3, 0.4) is 0 Å². The van der Waals surface area contributed by atoms with Gasteiger partial charge in [0.1, 0.15) is 11.6 Å². The highest BCUT2D eigenvalue weighted by atomic mass is 19.1. The third kappa shape index (κ3) is 3.12. The second-order valence-corrected chi connectivity index (χ2v) is 6.74. The van der Waals surface area contributed by atoms with Gasteiger partial charge in [-0.3, -0.25) is 4.90 Å². The number of nitrogens with zero attached hydrogens (tertiary/aromatic N) is 4. The van der Waals surface area contributed by atoms with Crippen LogP contribution in [0.4, 0.5) is 4.39 Å². The number of benzene rings is 1. The molecule has 0 unspecified atom stereocenters. The zero-order valence-electron chi connectivity index (χ0n) is 14.6. The average Bonchev–Trinajstić information content (AvgIpc) is 3.42. The Bertz CT molecular complexity index is 1060. The lowest BCUT2D eigenvalue weighted by atomic mass is 10.0. The summed E-state index contributed by atoms with van der Waals surface area (Å²) in [6.45, 7) is 1.44. The van der Waals surface area contributed by atoms with Crippen LogP contribution in [0, 0.1) is 5.82 Å². The van der Waals surface area contributed by atoms with Crippen molar-refractivity contribution in [3.05, 3.63) is 54.1 Å². The number of hydrogen-bond donors (Lipinski definition) is 1. The van der Waals surface area contributed by atoms with E-state index in [0.29, 0.717) is 29.6 Å². The Labute approximate surface area is 154 Å². The summed E-state index contributed by atoms with van der Waals surface area (Å²) < 4.78 is 24.5. The molecule has 0 aliphatic carbocycles. The lowest BCUT2D eigenvalue weighted by molar-refractivity contribution is 0.122. The van der Waals surface area contributed by atoms with Crippen LogP contribution in [-0.2, 0) is 6.54 Å². The number of likely N-dealkylation sites (tertiary alicyclic amines) is 1. The van der Waals surface area contributed by atoms with E-state index < -0.39 is 0 Å². The van der Waals surface area contributed by atoms with Crippen LogP contribution in [0.1, 0.15) is 37.0 Å². The number of hydrogen-bond acceptors (Lipinski definition) is 6. The van der Waals surface area contributed by atoms with E-state index in [-0.39, 0.29) is 11.9 Å². The third-order valence-corrected chi connectivity index (χ3v) is 4.93. The van der Waals surface area contributed by atoms with E-state index >= 15 is 0 Å². The summed E-state index contributed by atoms with van der Waals surface area (Å²) >= 11 is 0. The van der Waals surface area contributed by atoms with Gasteiger partial charge in [0.2, 0.25) is 5.89 Å². The summed E-state index contributed by atoms with van der Waals surface area (Å²) in [6, 6.07) is 8.28. The Balaban J connectivity index is 1.40. The van der Waals surface area contributed by atoms with Crippen LogP contribution in [0.2, 0.25) is 0 Å². The number of rotatable bonds is 4. The smallest absolute Gasteiger partial charge is 0.283 e. The number of imidazole rings is 1. The number of furan rings is 1. The van der Waals surface area contributed by atoms with Crippen molar-refractivity contribution in [2.24, 2.45) is 0 Å². The molecule has 1 aromatic carbocycles. The highest BCUT2D eigenvalue weighted by molar-refractivity contribution is 5.75. The molecule has 8 heteroatoms. The molecule has 4 aromatic rings. The van der Waals surface area contributed by atoms with Crippen LogP contribution in [0.15, 0.2) is 45.4 Å². The quantitative estimate of drug-likeness (QED) is 0.585. The molecule has 27 heavy (non-hydrogen) atoms. The fourth-order valence-corrected chi connectivity index (χ4v) is 3.64. The van der Waals surface area contributed by atoms with E-state index in [1.54, 1.807) is 24.5 Å². The van der Waals surface area contributed by atoms with Crippen molar-refractivity contribution in [1.82, 2.24) is 25.1 Å². The van der Waals surface area contributed by atoms with Crippen LogP contribution in [0.5, 0.6) is 0 Å². The van der Waals surface area contributed by atoms with Crippen molar-refractivity contribution in [3.8, 4) is 11.7 Å². The largest absolute Gasteiger partial charge is 0.459 e. The minimum absolute atomic E-state index is 0.105. The zero-order valence-corrected chi connectivity index (χ0v) is 14.6. The van der Waals surface area contributed by atoms with Gasteiger partial charge in [-0.05, 0) is 49.7 Å². The van der Waals surface area contributed by atoms with Gasteiger partial charge in [-0.1, -0.05) is 6.42 Å². The molecule has 1 atom stereocenters. The molecule has 1 fully saturated rings. The normalized spacial score (nSPS) is 18.3. The third-order valence-electron chi connectivity index (χ3n) is 4.93. The number of aromatic nitrogens is 4. The molecular weight excluding hydrogens is 349 g/mol. The van der Waals surface area contributed by atoms with Crippen LogP contribution in [0.25, 0.3) is 22.7 Å². The minimum atomic E-state index is -0.269. The fourth-order valence-electron chi connectivity index (χ4n) is 3.64. The van der Waals surface area contributed by atoms with Gasteiger partial charge >= 0.3 is 0 Å². The van der Waals surface area contributed by atoms with Crippen molar-refractivity contribution in [2.45, 2.75) is 31.8 Å². The van der Waals surface area contributed by atoms with E-state index in [1.165, 1.54) is 12.1 Å². The van der Waals surface area contributed by atoms with Crippen molar-refractivity contribution in [2.75, 3.05) is 6.54 Å². The summed E-state index contributed by atoms with van der Waals surface area (Å²) in [4.78, 5) is 10.2. The molecule has 0 bridgehead atoms. The average molecular weight is 367 g/mol. The first-order chi connectivity index (χ1) is 13.3. The maximum Gasteiger partial charge on any atom is 0.283 e. The van der Waals surface area contributed by atoms with Gasteiger partial charge in [-0.15, -0.1) is 10.2 Å². The van der Waals surface area contributed by atoms with Gasteiger partial charge < -0.3 is 13.8 Å². The summed E-state index contributed by atoms with van der Waals surface area (Å²) in [7, 11) is 0. The lowest BCUT2D eigenvalue weighted by Crippen LogP contribution is -2.33. The van der Waals surface area contributed by atoms with E-state index in [0.717, 1.165) is 37.1 Å². The highest BCUT2D eigenvalue weighted by Crippen LogP contribution is 2.32. The lowest BCUT2D eigenvalue weighted by Gasteiger charge is -2.33. The molecule has 1 N–H and O–H groups in total. The van der Waals surface area contributed by atoms with Crippen LogP contribution >= 0.6 is 0 Å². The second kappa shape index (κ2) is 6.62. The zero-order chi connectivity index (χ0) is 18.2. The Morgan fingerprint density at radius 3 is 3.07 bits per heavy atom. The van der Waals surface area contributed by atoms with Crippen molar-refractivity contribution in [3.63, 3.8) is 0 Å². The molecule has 0 radical (unpaired) electrons. The Morgan fingerprint density at radius 1 is 1.22 bits per heavy atom. The first-order valence-electron chi connectivity index (χ1n) is 9.02. The molecule has 7 nitrogen and oxygen atoms in total. The SMILES string of the molecule is Fc1ccc2nc([C@H]3CCCCN3Cc3nnc(-c4ccco4)o3)[nH]c2c1. The number of aromatic amines is 1. The van der Waals surface area contributed by atoms with Crippen molar-refractivity contribution in [1.29, 1.82) is 0 Å². The van der Waals surface area contributed by atoms with E-state index in [4.69, 9.17) is 8.83 Å². The monoisotopic (exact) mass is 367 g/mol. The van der Waals surface area contributed by atoms with Crippen molar-refractivity contribution < 1.29 is 13.2 Å².